The molecule has 8 nitrogen and oxygen atoms in total. The Morgan fingerprint density at radius 1 is 1.22 bits per heavy atom. The average molecular weight is 410 g/mol. The van der Waals surface area contributed by atoms with Crippen molar-refractivity contribution in [3.8, 4) is 11.5 Å². The van der Waals surface area contributed by atoms with E-state index in [1.807, 2.05) is 17.0 Å². The van der Waals surface area contributed by atoms with E-state index in [9.17, 15) is 13.2 Å². The first-order valence-corrected chi connectivity index (χ1v) is 11.5. The number of nitrogens with zero attached hydrogens (tertiary/aromatic N) is 2. The molecular formula is C17H18N2O6S2. The van der Waals surface area contributed by atoms with E-state index in [0.29, 0.717) is 29.7 Å². The molecule has 27 heavy (non-hydrogen) atoms. The number of ether oxygens (including phenoxy) is 3. The number of amides is 1. The minimum absolute atomic E-state index is 0.0479. The molecule has 0 bridgehead atoms. The summed E-state index contributed by atoms with van der Waals surface area (Å²) in [7, 11) is -3.11. The van der Waals surface area contributed by atoms with E-state index in [4.69, 9.17) is 14.2 Å². The Hall–Kier alpha value is -1.78. The zero-order valence-corrected chi connectivity index (χ0v) is 16.0. The van der Waals surface area contributed by atoms with Crippen molar-refractivity contribution in [1.82, 2.24) is 0 Å². The molecule has 0 unspecified atom stereocenters. The van der Waals surface area contributed by atoms with Gasteiger partial charge in [0.15, 0.2) is 26.5 Å². The first-order chi connectivity index (χ1) is 13.0. The third-order valence-corrected chi connectivity index (χ3v) is 8.32. The molecule has 0 N–H and O–H groups in total. The molecule has 0 radical (unpaired) electrons. The highest BCUT2D eigenvalue weighted by Gasteiger charge is 2.49. The van der Waals surface area contributed by atoms with Crippen LogP contribution in [-0.4, -0.2) is 61.8 Å². The monoisotopic (exact) mass is 410 g/mol. The van der Waals surface area contributed by atoms with Crippen LogP contribution in [0.4, 0.5) is 5.69 Å². The van der Waals surface area contributed by atoms with Gasteiger partial charge in [-0.05, 0) is 25.0 Å². The molecule has 3 saturated heterocycles. The highest BCUT2D eigenvalue weighted by Crippen LogP contribution is 2.44. The van der Waals surface area contributed by atoms with Crippen molar-refractivity contribution >= 4 is 38.4 Å². The number of fused-ring (bicyclic) bond motifs is 2. The summed E-state index contributed by atoms with van der Waals surface area (Å²) < 4.78 is 40.5. The van der Waals surface area contributed by atoms with Crippen LogP contribution in [0.25, 0.3) is 0 Å². The molecule has 3 atom stereocenters. The van der Waals surface area contributed by atoms with Gasteiger partial charge in [0.05, 0.1) is 17.5 Å². The van der Waals surface area contributed by atoms with Gasteiger partial charge in [-0.3, -0.25) is 4.79 Å². The van der Waals surface area contributed by atoms with Crippen molar-refractivity contribution in [3.63, 3.8) is 0 Å². The average Bonchev–Trinajstić information content (AvgIpc) is 3.36. The molecule has 10 heteroatoms. The minimum atomic E-state index is -3.11. The van der Waals surface area contributed by atoms with Crippen LogP contribution in [0.5, 0.6) is 11.5 Å². The standard InChI is InChI=1S/C17H18N2O6S2/c20-16(13-2-1-5-23-13)18-17-19(11-7-27(21,22)8-15(11)26-17)10-3-4-12-14(6-10)25-9-24-12/h3-4,6,11,13,15H,1-2,5,7-9H2/t11-,13-,15+/m0/s1. The van der Waals surface area contributed by atoms with Gasteiger partial charge in [0.1, 0.15) is 6.10 Å². The van der Waals surface area contributed by atoms with Gasteiger partial charge in [0, 0.05) is 23.6 Å². The second-order valence-corrected chi connectivity index (χ2v) is 10.3. The Kier molecular flexibility index (Phi) is 4.10. The summed E-state index contributed by atoms with van der Waals surface area (Å²) in [4.78, 5) is 18.7. The largest absolute Gasteiger partial charge is 0.454 e. The van der Waals surface area contributed by atoms with Crippen LogP contribution in [-0.2, 0) is 19.4 Å². The normalized spacial score (nSPS) is 32.2. The van der Waals surface area contributed by atoms with E-state index in [2.05, 4.69) is 4.99 Å². The van der Waals surface area contributed by atoms with Crippen LogP contribution >= 0.6 is 11.8 Å². The number of thioether (sulfide) groups is 1. The first-order valence-electron chi connectivity index (χ1n) is 8.80. The fourth-order valence-corrected chi connectivity index (χ4v) is 7.76. The highest BCUT2D eigenvalue weighted by molar-refractivity contribution is 8.16. The highest BCUT2D eigenvalue weighted by atomic mass is 32.2. The lowest BCUT2D eigenvalue weighted by atomic mass is 10.2. The predicted molar refractivity (Wildman–Crippen MR) is 100 cm³/mol. The second-order valence-electron chi connectivity index (χ2n) is 6.94. The van der Waals surface area contributed by atoms with Crippen molar-refractivity contribution in [2.24, 2.45) is 4.99 Å². The van der Waals surface area contributed by atoms with E-state index in [1.165, 1.54) is 11.8 Å². The van der Waals surface area contributed by atoms with Crippen LogP contribution in [0, 0.1) is 0 Å². The van der Waals surface area contributed by atoms with Gasteiger partial charge in [-0.25, -0.2) is 8.42 Å². The quantitative estimate of drug-likeness (QED) is 0.718. The third kappa shape index (κ3) is 3.09. The van der Waals surface area contributed by atoms with Crippen molar-refractivity contribution in [3.05, 3.63) is 18.2 Å². The lowest BCUT2D eigenvalue weighted by Crippen LogP contribution is -2.38. The van der Waals surface area contributed by atoms with Gasteiger partial charge in [-0.2, -0.15) is 4.99 Å². The van der Waals surface area contributed by atoms with Crippen LogP contribution < -0.4 is 14.4 Å². The van der Waals surface area contributed by atoms with Crippen molar-refractivity contribution in [1.29, 1.82) is 0 Å². The van der Waals surface area contributed by atoms with E-state index in [1.54, 1.807) is 6.07 Å². The van der Waals surface area contributed by atoms with Crippen LogP contribution in [0.15, 0.2) is 23.2 Å². The molecule has 0 saturated carbocycles. The summed E-state index contributed by atoms with van der Waals surface area (Å²) in [6.45, 7) is 0.732. The first kappa shape index (κ1) is 17.3. The molecule has 0 aromatic heterocycles. The zero-order valence-electron chi connectivity index (χ0n) is 14.4. The van der Waals surface area contributed by atoms with Crippen LogP contribution in [0.3, 0.4) is 0 Å². The predicted octanol–water partition coefficient (Wildman–Crippen LogP) is 1.20. The summed E-state index contributed by atoms with van der Waals surface area (Å²) in [5.41, 5.74) is 0.746. The van der Waals surface area contributed by atoms with Crippen molar-refractivity contribution < 1.29 is 27.4 Å². The SMILES string of the molecule is O=C(N=C1S[C@@H]2CS(=O)(=O)C[C@@H]2N1c1ccc2c(c1)OCO2)[C@@H]1CCCO1. The Labute approximate surface area is 160 Å². The molecule has 1 amide bonds. The van der Waals surface area contributed by atoms with Gasteiger partial charge in [-0.1, -0.05) is 11.8 Å². The smallest absolute Gasteiger partial charge is 0.277 e. The zero-order chi connectivity index (χ0) is 18.6. The van der Waals surface area contributed by atoms with Gasteiger partial charge >= 0.3 is 0 Å². The van der Waals surface area contributed by atoms with E-state index in [-0.39, 0.29) is 35.5 Å². The van der Waals surface area contributed by atoms with Crippen LogP contribution in [0.2, 0.25) is 0 Å². The molecule has 4 aliphatic rings. The Morgan fingerprint density at radius 2 is 2.07 bits per heavy atom. The molecule has 5 rings (SSSR count). The van der Waals surface area contributed by atoms with E-state index < -0.39 is 15.9 Å². The molecule has 144 valence electrons. The third-order valence-electron chi connectivity index (χ3n) is 5.11. The Morgan fingerprint density at radius 3 is 2.89 bits per heavy atom. The fourth-order valence-electron chi connectivity index (χ4n) is 3.84. The lowest BCUT2D eigenvalue weighted by Gasteiger charge is -2.24. The maximum atomic E-state index is 12.5. The van der Waals surface area contributed by atoms with Crippen molar-refractivity contribution in [2.45, 2.75) is 30.2 Å². The number of hydrogen-bond acceptors (Lipinski definition) is 7. The number of sulfone groups is 1. The number of hydrogen-bond donors (Lipinski definition) is 0. The molecule has 4 heterocycles. The number of benzene rings is 1. The van der Waals surface area contributed by atoms with Gasteiger partial charge in [0.25, 0.3) is 5.91 Å². The Bertz CT molecular complexity index is 925. The number of amidine groups is 1. The Balaban J connectivity index is 1.51. The molecule has 3 fully saturated rings. The molecule has 0 aliphatic carbocycles. The molecule has 4 aliphatic heterocycles. The van der Waals surface area contributed by atoms with E-state index >= 15 is 0 Å². The van der Waals surface area contributed by atoms with Gasteiger partial charge < -0.3 is 19.1 Å². The maximum absolute atomic E-state index is 12.5. The molecule has 1 aromatic carbocycles. The summed E-state index contributed by atoms with van der Waals surface area (Å²) in [5.74, 6) is 1.09. The maximum Gasteiger partial charge on any atom is 0.277 e. The summed E-state index contributed by atoms with van der Waals surface area (Å²) in [6, 6.07) is 5.19. The molecular weight excluding hydrogens is 392 g/mol. The number of carbonyl (C=O) groups excluding carboxylic acids is 1. The van der Waals surface area contributed by atoms with E-state index in [0.717, 1.165) is 12.1 Å². The lowest BCUT2D eigenvalue weighted by molar-refractivity contribution is -0.126. The topological polar surface area (TPSA) is 94.5 Å². The second kappa shape index (κ2) is 6.39. The van der Waals surface area contributed by atoms with Crippen molar-refractivity contribution in [2.75, 3.05) is 29.8 Å². The fraction of sp³-hybridized carbons (Fsp3) is 0.529. The molecule has 0 spiro atoms. The minimum Gasteiger partial charge on any atom is -0.454 e. The van der Waals surface area contributed by atoms with Crippen LogP contribution in [0.1, 0.15) is 12.8 Å². The summed E-state index contributed by atoms with van der Waals surface area (Å²) in [5, 5.41) is 0.385. The van der Waals surface area contributed by atoms with Gasteiger partial charge in [-0.15, -0.1) is 0 Å². The number of rotatable bonds is 2. The summed E-state index contributed by atoms with van der Waals surface area (Å²) >= 11 is 1.36. The number of carbonyl (C=O) groups is 1. The van der Waals surface area contributed by atoms with Gasteiger partial charge in [0.2, 0.25) is 6.79 Å². The number of anilines is 1. The summed E-state index contributed by atoms with van der Waals surface area (Å²) in [6.07, 6.45) is 1.02. The molecule has 1 aromatic rings. The number of aliphatic imine (C=N–C) groups is 1.